The molecule has 1 aromatic carbocycles. The molecule has 2 rings (SSSR count). The number of ketones is 2. The maximum Gasteiger partial charge on any atom is 0.339 e. The highest BCUT2D eigenvalue weighted by atomic mass is 16.5. The lowest BCUT2D eigenvalue weighted by molar-refractivity contribution is -0.119. The number of carbonyl (C=O) groups is 3. The predicted molar refractivity (Wildman–Crippen MR) is 83.5 cm³/mol. The summed E-state index contributed by atoms with van der Waals surface area (Å²) in [7, 11) is 2.49. The minimum absolute atomic E-state index is 0.0169. The lowest BCUT2D eigenvalue weighted by atomic mass is 9.87. The third-order valence-corrected chi connectivity index (χ3v) is 3.79. The number of aryl methyl sites for hydroxylation is 1. The van der Waals surface area contributed by atoms with E-state index in [-0.39, 0.29) is 45.1 Å². The molecule has 0 heterocycles. The topological polar surface area (TPSA) is 110 Å². The Labute approximate surface area is 137 Å². The monoisotopic (exact) mass is 332 g/mol. The molecule has 7 nitrogen and oxygen atoms in total. The summed E-state index contributed by atoms with van der Waals surface area (Å²) in [6, 6.07) is 2.59. The summed E-state index contributed by atoms with van der Waals surface area (Å²) in [4.78, 5) is 36.3. The highest BCUT2D eigenvalue weighted by Crippen LogP contribution is 2.35. The van der Waals surface area contributed by atoms with Crippen LogP contribution in [0.2, 0.25) is 0 Å². The second-order valence-corrected chi connectivity index (χ2v) is 5.22. The molecule has 0 radical (unpaired) electrons. The van der Waals surface area contributed by atoms with E-state index in [1.165, 1.54) is 34.1 Å². The number of hydrogen-bond acceptors (Lipinski definition) is 6. The summed E-state index contributed by atoms with van der Waals surface area (Å²) >= 11 is 0. The smallest absolute Gasteiger partial charge is 0.339 e. The molecular formula is C17H16O7. The minimum Gasteiger partial charge on any atom is -0.507 e. The molecule has 0 saturated heterocycles. The van der Waals surface area contributed by atoms with Crippen molar-refractivity contribution >= 4 is 23.1 Å². The molecule has 0 bridgehead atoms. The minimum atomic E-state index is -1.34. The van der Waals surface area contributed by atoms with Crippen molar-refractivity contribution in [3.63, 3.8) is 0 Å². The van der Waals surface area contributed by atoms with Crippen LogP contribution in [0, 0.1) is 6.92 Å². The Morgan fingerprint density at radius 3 is 2.04 bits per heavy atom. The molecule has 0 spiro atoms. The number of ether oxygens (including phenoxy) is 2. The van der Waals surface area contributed by atoms with Crippen LogP contribution in [0.5, 0.6) is 5.75 Å². The fraction of sp³-hybridized carbons (Fsp3) is 0.235. The van der Waals surface area contributed by atoms with Gasteiger partial charge in [-0.1, -0.05) is 0 Å². The zero-order valence-corrected chi connectivity index (χ0v) is 13.6. The van der Waals surface area contributed by atoms with Gasteiger partial charge in [0.05, 0.1) is 14.2 Å². The van der Waals surface area contributed by atoms with E-state index < -0.39 is 17.5 Å². The van der Waals surface area contributed by atoms with Gasteiger partial charge in [0.25, 0.3) is 0 Å². The molecule has 1 aromatic rings. The highest BCUT2D eigenvalue weighted by Gasteiger charge is 2.36. The van der Waals surface area contributed by atoms with Crippen molar-refractivity contribution in [3.05, 3.63) is 45.9 Å². The maximum absolute atomic E-state index is 12.7. The van der Waals surface area contributed by atoms with Gasteiger partial charge in [0.2, 0.25) is 23.1 Å². The Morgan fingerprint density at radius 2 is 1.54 bits per heavy atom. The van der Waals surface area contributed by atoms with Crippen molar-refractivity contribution in [1.82, 2.24) is 0 Å². The van der Waals surface area contributed by atoms with Gasteiger partial charge in [0.15, 0.2) is 0 Å². The predicted octanol–water partition coefficient (Wildman–Crippen LogP) is 1.83. The Kier molecular flexibility index (Phi) is 4.45. The van der Waals surface area contributed by atoms with E-state index in [0.29, 0.717) is 0 Å². The van der Waals surface area contributed by atoms with Crippen molar-refractivity contribution in [1.29, 1.82) is 0 Å². The number of benzene rings is 1. The van der Waals surface area contributed by atoms with Gasteiger partial charge in [-0.2, -0.15) is 0 Å². The largest absolute Gasteiger partial charge is 0.507 e. The van der Waals surface area contributed by atoms with Crippen LogP contribution in [-0.2, 0) is 19.1 Å². The van der Waals surface area contributed by atoms with Gasteiger partial charge in [-0.15, -0.1) is 0 Å². The van der Waals surface area contributed by atoms with E-state index in [1.807, 2.05) is 0 Å². The molecule has 0 atom stereocenters. The van der Waals surface area contributed by atoms with Gasteiger partial charge in [0, 0.05) is 11.1 Å². The number of Topliss-reactive ketones (excluding diaryl/α,β-unsaturated/α-hetero) is 2. The Hall–Kier alpha value is -3.09. The number of allylic oxidation sites excluding steroid dienone is 2. The fourth-order valence-electron chi connectivity index (χ4n) is 2.58. The SMILES string of the molecule is COC1=C(OC)C(=O)C(c2cc(C)c(O)c(C(=O)O)c2)=C(C)C1=O. The number of carboxylic acid groups (broad SMARTS) is 1. The normalized spacial score (nSPS) is 15.0. The van der Waals surface area contributed by atoms with Crippen LogP contribution in [0.3, 0.4) is 0 Å². The molecule has 0 saturated carbocycles. The van der Waals surface area contributed by atoms with Crippen molar-refractivity contribution in [2.45, 2.75) is 13.8 Å². The summed E-state index contributed by atoms with van der Waals surface area (Å²) in [5, 5.41) is 19.0. The van der Waals surface area contributed by atoms with Crippen molar-refractivity contribution in [3.8, 4) is 5.75 Å². The van der Waals surface area contributed by atoms with Gasteiger partial charge < -0.3 is 19.7 Å². The summed E-state index contributed by atoms with van der Waals surface area (Å²) < 4.78 is 9.95. The Balaban J connectivity index is 2.73. The van der Waals surface area contributed by atoms with E-state index in [1.54, 1.807) is 0 Å². The quantitative estimate of drug-likeness (QED) is 0.809. The van der Waals surface area contributed by atoms with Gasteiger partial charge in [-0.05, 0) is 37.1 Å². The van der Waals surface area contributed by atoms with Crippen LogP contribution in [0.15, 0.2) is 29.2 Å². The molecule has 0 unspecified atom stereocenters. The second kappa shape index (κ2) is 6.19. The molecule has 0 fully saturated rings. The lowest BCUT2D eigenvalue weighted by Gasteiger charge is -2.21. The number of methoxy groups -OCH3 is 2. The summed E-state index contributed by atoms with van der Waals surface area (Å²) in [6.07, 6.45) is 0. The van der Waals surface area contributed by atoms with Gasteiger partial charge in [-0.3, -0.25) is 9.59 Å². The molecule has 1 aliphatic carbocycles. The number of phenols is 1. The average molecular weight is 332 g/mol. The molecule has 2 N–H and O–H groups in total. The van der Waals surface area contributed by atoms with Crippen LogP contribution in [0.1, 0.15) is 28.4 Å². The molecule has 7 heteroatoms. The van der Waals surface area contributed by atoms with Gasteiger partial charge in [0.1, 0.15) is 11.3 Å². The van der Waals surface area contributed by atoms with Gasteiger partial charge in [-0.25, -0.2) is 4.79 Å². The first-order valence-electron chi connectivity index (χ1n) is 6.94. The molecule has 0 aliphatic heterocycles. The zero-order chi connectivity index (χ0) is 18.2. The first-order valence-corrected chi connectivity index (χ1v) is 6.94. The van der Waals surface area contributed by atoms with E-state index in [0.717, 1.165) is 6.07 Å². The Morgan fingerprint density at radius 1 is 1.00 bits per heavy atom. The van der Waals surface area contributed by atoms with Gasteiger partial charge >= 0.3 is 5.97 Å². The van der Waals surface area contributed by atoms with Crippen LogP contribution < -0.4 is 0 Å². The van der Waals surface area contributed by atoms with E-state index >= 15 is 0 Å². The molecule has 0 aromatic heterocycles. The third-order valence-electron chi connectivity index (χ3n) is 3.79. The second-order valence-electron chi connectivity index (χ2n) is 5.22. The van der Waals surface area contributed by atoms with Crippen molar-refractivity contribution in [2.24, 2.45) is 0 Å². The first-order chi connectivity index (χ1) is 11.2. The highest BCUT2D eigenvalue weighted by molar-refractivity contribution is 6.38. The molecule has 126 valence electrons. The molecular weight excluding hydrogens is 316 g/mol. The number of aromatic carboxylic acids is 1. The molecule has 24 heavy (non-hydrogen) atoms. The summed E-state index contributed by atoms with van der Waals surface area (Å²) in [6.45, 7) is 2.95. The molecule has 0 amide bonds. The molecule has 1 aliphatic rings. The Bertz CT molecular complexity index is 828. The standard InChI is InChI=1S/C17H16O7/c1-7-5-9(6-10(12(7)18)17(21)22)11-8(2)13(19)15(23-3)16(24-4)14(11)20/h5-6,18H,1-4H3,(H,21,22). The first kappa shape index (κ1) is 17.3. The van der Waals surface area contributed by atoms with Crippen LogP contribution in [0.25, 0.3) is 5.57 Å². The van der Waals surface area contributed by atoms with E-state index in [9.17, 15) is 24.6 Å². The van der Waals surface area contributed by atoms with Crippen LogP contribution in [0.4, 0.5) is 0 Å². The van der Waals surface area contributed by atoms with Crippen LogP contribution >= 0.6 is 0 Å². The number of aromatic hydroxyl groups is 1. The number of carboxylic acids is 1. The fourth-order valence-corrected chi connectivity index (χ4v) is 2.58. The van der Waals surface area contributed by atoms with E-state index in [4.69, 9.17) is 9.47 Å². The van der Waals surface area contributed by atoms with Crippen LogP contribution in [-0.4, -0.2) is 42.0 Å². The summed E-state index contributed by atoms with van der Waals surface area (Å²) in [5.41, 5.74) is 0.252. The average Bonchev–Trinajstić information content (AvgIpc) is 2.53. The third kappa shape index (κ3) is 2.54. The number of hydrogen-bond donors (Lipinski definition) is 2. The maximum atomic E-state index is 12.7. The lowest BCUT2D eigenvalue weighted by Crippen LogP contribution is -2.24. The van der Waals surface area contributed by atoms with Crippen molar-refractivity contribution in [2.75, 3.05) is 14.2 Å². The summed E-state index contributed by atoms with van der Waals surface area (Å²) in [5.74, 6) is -3.28. The number of rotatable bonds is 4. The van der Waals surface area contributed by atoms with Crippen molar-refractivity contribution < 1.29 is 34.1 Å². The van der Waals surface area contributed by atoms with E-state index in [2.05, 4.69) is 0 Å². The zero-order valence-electron chi connectivity index (χ0n) is 13.6. The number of carbonyl (C=O) groups excluding carboxylic acids is 2.